The van der Waals surface area contributed by atoms with E-state index in [4.69, 9.17) is 27.9 Å². The number of nitrogens with zero attached hydrogens (tertiary/aromatic N) is 1. The van der Waals surface area contributed by atoms with Gasteiger partial charge in [0.25, 0.3) is 0 Å². The summed E-state index contributed by atoms with van der Waals surface area (Å²) in [6.45, 7) is 5.08. The highest BCUT2D eigenvalue weighted by Gasteiger charge is 2.10. The number of hydrogen-bond donors (Lipinski definition) is 2. The molecule has 1 heterocycles. The molecule has 2 rings (SSSR count). The monoisotopic (exact) mass is 331 g/mol. The first kappa shape index (κ1) is 16.4. The van der Waals surface area contributed by atoms with Gasteiger partial charge in [-0.2, -0.15) is 0 Å². The van der Waals surface area contributed by atoms with E-state index < -0.39 is 0 Å². The largest absolute Gasteiger partial charge is 0.379 e. The number of morpholine rings is 1. The van der Waals surface area contributed by atoms with Crippen LogP contribution >= 0.6 is 23.2 Å². The third kappa shape index (κ3) is 5.36. The molecule has 0 unspecified atom stereocenters. The highest BCUT2D eigenvalue weighted by molar-refractivity contribution is 6.43. The number of halogens is 2. The van der Waals surface area contributed by atoms with Gasteiger partial charge < -0.3 is 15.4 Å². The molecule has 2 amide bonds. The van der Waals surface area contributed by atoms with Crippen molar-refractivity contribution in [3.05, 3.63) is 28.2 Å². The van der Waals surface area contributed by atoms with Crippen molar-refractivity contribution in [2.45, 2.75) is 6.42 Å². The summed E-state index contributed by atoms with van der Waals surface area (Å²) in [4.78, 5) is 14.1. The number of urea groups is 1. The van der Waals surface area contributed by atoms with Crippen LogP contribution in [-0.4, -0.2) is 50.3 Å². The SMILES string of the molecule is O=C(NCCCN1CCOCC1)Nc1cccc(Cl)c1Cl. The summed E-state index contributed by atoms with van der Waals surface area (Å²) in [5.74, 6) is 0. The topological polar surface area (TPSA) is 53.6 Å². The molecule has 2 N–H and O–H groups in total. The summed E-state index contributed by atoms with van der Waals surface area (Å²) in [7, 11) is 0. The predicted molar refractivity (Wildman–Crippen MR) is 85.4 cm³/mol. The van der Waals surface area contributed by atoms with Crippen LogP contribution < -0.4 is 10.6 Å². The molecule has 5 nitrogen and oxygen atoms in total. The lowest BCUT2D eigenvalue weighted by atomic mass is 10.3. The summed E-state index contributed by atoms with van der Waals surface area (Å²) in [6, 6.07) is 4.85. The minimum Gasteiger partial charge on any atom is -0.379 e. The molecule has 1 fully saturated rings. The zero-order chi connectivity index (χ0) is 15.1. The van der Waals surface area contributed by atoms with Crippen molar-refractivity contribution in [1.82, 2.24) is 10.2 Å². The quantitative estimate of drug-likeness (QED) is 0.816. The zero-order valence-electron chi connectivity index (χ0n) is 11.7. The lowest BCUT2D eigenvalue weighted by Gasteiger charge is -2.26. The zero-order valence-corrected chi connectivity index (χ0v) is 13.2. The molecule has 0 aromatic heterocycles. The van der Waals surface area contributed by atoms with Gasteiger partial charge in [0.15, 0.2) is 0 Å². The van der Waals surface area contributed by atoms with Crippen molar-refractivity contribution in [2.75, 3.05) is 44.7 Å². The highest BCUT2D eigenvalue weighted by Crippen LogP contribution is 2.29. The summed E-state index contributed by atoms with van der Waals surface area (Å²) < 4.78 is 5.29. The van der Waals surface area contributed by atoms with E-state index in [-0.39, 0.29) is 6.03 Å². The first-order valence-corrected chi connectivity index (χ1v) is 7.71. The Labute approximate surface area is 134 Å². The summed E-state index contributed by atoms with van der Waals surface area (Å²) in [5, 5.41) is 6.27. The predicted octanol–water partition coefficient (Wildman–Crippen LogP) is 2.84. The number of rotatable bonds is 5. The average molecular weight is 332 g/mol. The Morgan fingerprint density at radius 2 is 2.05 bits per heavy atom. The Morgan fingerprint density at radius 1 is 1.29 bits per heavy atom. The summed E-state index contributed by atoms with van der Waals surface area (Å²) >= 11 is 11.9. The molecule has 0 bridgehead atoms. The van der Waals surface area contributed by atoms with Gasteiger partial charge >= 0.3 is 6.03 Å². The third-order valence-corrected chi connectivity index (χ3v) is 4.06. The number of nitrogens with one attached hydrogen (secondary N) is 2. The molecule has 0 atom stereocenters. The molecule has 21 heavy (non-hydrogen) atoms. The molecule has 1 saturated heterocycles. The number of carbonyl (C=O) groups excluding carboxylic acids is 1. The standard InChI is InChI=1S/C14H19Cl2N3O2/c15-11-3-1-4-12(13(11)16)18-14(20)17-5-2-6-19-7-9-21-10-8-19/h1,3-4H,2,5-10H2,(H2,17,18,20). The van der Waals surface area contributed by atoms with Crippen molar-refractivity contribution in [2.24, 2.45) is 0 Å². The highest BCUT2D eigenvalue weighted by atomic mass is 35.5. The van der Waals surface area contributed by atoms with Crippen LogP contribution in [0.1, 0.15) is 6.42 Å². The van der Waals surface area contributed by atoms with E-state index in [1.54, 1.807) is 18.2 Å². The van der Waals surface area contributed by atoms with E-state index in [2.05, 4.69) is 15.5 Å². The minimum absolute atomic E-state index is 0.277. The van der Waals surface area contributed by atoms with Gasteiger partial charge in [0.2, 0.25) is 0 Å². The molecule has 116 valence electrons. The first-order chi connectivity index (χ1) is 10.2. The van der Waals surface area contributed by atoms with Gasteiger partial charge in [-0.1, -0.05) is 29.3 Å². The van der Waals surface area contributed by atoms with Crippen molar-refractivity contribution in [3.8, 4) is 0 Å². The normalized spacial score (nSPS) is 15.7. The lowest BCUT2D eigenvalue weighted by Crippen LogP contribution is -2.38. The Kier molecular flexibility index (Phi) is 6.57. The maximum absolute atomic E-state index is 11.8. The molecule has 1 aromatic rings. The van der Waals surface area contributed by atoms with E-state index >= 15 is 0 Å². The van der Waals surface area contributed by atoms with E-state index in [1.165, 1.54) is 0 Å². The maximum atomic E-state index is 11.8. The second kappa shape index (κ2) is 8.44. The lowest BCUT2D eigenvalue weighted by molar-refractivity contribution is 0.0375. The molecule has 0 aliphatic carbocycles. The minimum atomic E-state index is -0.277. The fourth-order valence-corrected chi connectivity index (χ4v) is 2.44. The molecule has 1 aromatic carbocycles. The van der Waals surface area contributed by atoms with E-state index in [9.17, 15) is 4.79 Å². The van der Waals surface area contributed by atoms with Gasteiger partial charge in [0.05, 0.1) is 28.9 Å². The van der Waals surface area contributed by atoms with Crippen molar-refractivity contribution >= 4 is 34.9 Å². The van der Waals surface area contributed by atoms with Gasteiger partial charge in [-0.15, -0.1) is 0 Å². The first-order valence-electron chi connectivity index (χ1n) is 6.96. The van der Waals surface area contributed by atoms with Crippen molar-refractivity contribution in [1.29, 1.82) is 0 Å². The number of benzene rings is 1. The molecule has 0 saturated carbocycles. The van der Waals surface area contributed by atoms with E-state index in [1.807, 2.05) is 0 Å². The van der Waals surface area contributed by atoms with Crippen LogP contribution in [0.4, 0.5) is 10.5 Å². The maximum Gasteiger partial charge on any atom is 0.319 e. The third-order valence-electron chi connectivity index (χ3n) is 3.24. The molecule has 1 aliphatic heterocycles. The summed E-state index contributed by atoms with van der Waals surface area (Å²) in [5.41, 5.74) is 0.509. The van der Waals surface area contributed by atoms with E-state index in [0.717, 1.165) is 39.3 Å². The summed E-state index contributed by atoms with van der Waals surface area (Å²) in [6.07, 6.45) is 0.900. The Hall–Kier alpha value is -1.01. The number of ether oxygens (including phenoxy) is 1. The number of anilines is 1. The van der Waals surface area contributed by atoms with Crippen molar-refractivity contribution < 1.29 is 9.53 Å². The molecular formula is C14H19Cl2N3O2. The second-order valence-electron chi connectivity index (χ2n) is 4.79. The molecule has 1 aliphatic rings. The van der Waals surface area contributed by atoms with Crippen LogP contribution in [0.3, 0.4) is 0 Å². The van der Waals surface area contributed by atoms with Crippen LogP contribution in [0.2, 0.25) is 10.0 Å². The Morgan fingerprint density at radius 3 is 2.81 bits per heavy atom. The van der Waals surface area contributed by atoms with Gasteiger partial charge in [-0.25, -0.2) is 4.79 Å². The van der Waals surface area contributed by atoms with Crippen LogP contribution in [0.25, 0.3) is 0 Å². The fourth-order valence-electron chi connectivity index (χ4n) is 2.10. The molecule has 7 heteroatoms. The Balaban J connectivity index is 1.66. The molecular weight excluding hydrogens is 313 g/mol. The van der Waals surface area contributed by atoms with Gasteiger partial charge in [-0.05, 0) is 25.1 Å². The molecule has 0 radical (unpaired) electrons. The second-order valence-corrected chi connectivity index (χ2v) is 5.58. The van der Waals surface area contributed by atoms with Gasteiger partial charge in [0, 0.05) is 19.6 Å². The smallest absolute Gasteiger partial charge is 0.319 e. The average Bonchev–Trinajstić information content (AvgIpc) is 2.49. The van der Waals surface area contributed by atoms with Crippen LogP contribution in [0.15, 0.2) is 18.2 Å². The Bertz CT molecular complexity index is 479. The number of amides is 2. The van der Waals surface area contributed by atoms with Crippen LogP contribution in [0.5, 0.6) is 0 Å². The fraction of sp³-hybridized carbons (Fsp3) is 0.500. The molecule has 0 spiro atoms. The van der Waals surface area contributed by atoms with Crippen LogP contribution in [-0.2, 0) is 4.74 Å². The van der Waals surface area contributed by atoms with Crippen molar-refractivity contribution in [3.63, 3.8) is 0 Å². The van der Waals surface area contributed by atoms with Gasteiger partial charge in [-0.3, -0.25) is 4.90 Å². The van der Waals surface area contributed by atoms with Gasteiger partial charge in [0.1, 0.15) is 0 Å². The number of carbonyl (C=O) groups is 1. The van der Waals surface area contributed by atoms with Crippen LogP contribution in [0, 0.1) is 0 Å². The number of hydrogen-bond acceptors (Lipinski definition) is 3. The van der Waals surface area contributed by atoms with E-state index in [0.29, 0.717) is 22.3 Å².